The summed E-state index contributed by atoms with van der Waals surface area (Å²) in [6.07, 6.45) is 0. The van der Waals surface area contributed by atoms with Crippen molar-refractivity contribution < 1.29 is 18.7 Å². The van der Waals surface area contributed by atoms with E-state index in [1.165, 1.54) is 18.9 Å². The third-order valence-electron chi connectivity index (χ3n) is 4.06. The van der Waals surface area contributed by atoms with Crippen molar-refractivity contribution in [2.24, 2.45) is 0 Å². The zero-order valence-corrected chi connectivity index (χ0v) is 16.2. The number of hydrogen-bond donors (Lipinski definition) is 0. The molecular weight excluding hydrogens is 368 g/mol. The van der Waals surface area contributed by atoms with E-state index in [9.17, 15) is 9.59 Å². The van der Waals surface area contributed by atoms with Gasteiger partial charge in [-0.25, -0.2) is 9.78 Å². The number of carbonyl (C=O) groups excluding carboxylic acids is 1. The summed E-state index contributed by atoms with van der Waals surface area (Å²) >= 11 is 1.37. The largest absolute Gasteiger partial charge is 0.465 e. The average Bonchev–Trinajstić information content (AvgIpc) is 3.06. The number of carbonyl (C=O) groups is 1. The Labute approximate surface area is 160 Å². The van der Waals surface area contributed by atoms with Crippen molar-refractivity contribution in [2.45, 2.75) is 24.4 Å². The summed E-state index contributed by atoms with van der Waals surface area (Å²) in [5.41, 5.74) is 0.937. The highest BCUT2D eigenvalue weighted by Gasteiger charge is 2.17. The molecule has 7 nitrogen and oxygen atoms in total. The highest BCUT2D eigenvalue weighted by atomic mass is 32.2. The highest BCUT2D eigenvalue weighted by Crippen LogP contribution is 2.25. The summed E-state index contributed by atoms with van der Waals surface area (Å²) in [6.45, 7) is 2.52. The maximum Gasteiger partial charge on any atom is 0.341 e. The van der Waals surface area contributed by atoms with Crippen LogP contribution in [0.15, 0.2) is 44.7 Å². The van der Waals surface area contributed by atoms with Crippen LogP contribution in [0.4, 0.5) is 0 Å². The Morgan fingerprint density at radius 3 is 2.81 bits per heavy atom. The van der Waals surface area contributed by atoms with Crippen molar-refractivity contribution in [3.8, 4) is 0 Å². The van der Waals surface area contributed by atoms with E-state index in [1.54, 1.807) is 30.7 Å². The fourth-order valence-corrected chi connectivity index (χ4v) is 3.61. The molecule has 0 fully saturated rings. The first-order valence-electron chi connectivity index (χ1n) is 8.34. The maximum atomic E-state index is 12.8. The molecule has 0 spiro atoms. The second-order valence-electron chi connectivity index (χ2n) is 5.82. The van der Waals surface area contributed by atoms with Crippen molar-refractivity contribution in [1.29, 1.82) is 0 Å². The molecule has 27 heavy (non-hydrogen) atoms. The number of hydrogen-bond acceptors (Lipinski definition) is 7. The summed E-state index contributed by atoms with van der Waals surface area (Å²) in [4.78, 5) is 29.2. The summed E-state index contributed by atoms with van der Waals surface area (Å²) in [6, 6.07) is 8.90. The van der Waals surface area contributed by atoms with Gasteiger partial charge in [-0.05, 0) is 25.1 Å². The summed E-state index contributed by atoms with van der Waals surface area (Å²) in [5, 5.41) is 1.14. The van der Waals surface area contributed by atoms with E-state index in [-0.39, 0.29) is 5.56 Å². The molecule has 0 aliphatic carbocycles. The van der Waals surface area contributed by atoms with Crippen LogP contribution in [-0.4, -0.2) is 36.3 Å². The number of methoxy groups -OCH3 is 2. The average molecular weight is 388 g/mol. The van der Waals surface area contributed by atoms with Crippen LogP contribution in [0, 0.1) is 6.92 Å². The molecule has 0 unspecified atom stereocenters. The molecule has 142 valence electrons. The van der Waals surface area contributed by atoms with Crippen molar-refractivity contribution in [1.82, 2.24) is 9.55 Å². The first-order chi connectivity index (χ1) is 13.0. The predicted octanol–water partition coefficient (Wildman–Crippen LogP) is 3.02. The van der Waals surface area contributed by atoms with Crippen molar-refractivity contribution >= 4 is 28.6 Å². The zero-order chi connectivity index (χ0) is 19.4. The van der Waals surface area contributed by atoms with Crippen LogP contribution < -0.4 is 5.56 Å². The van der Waals surface area contributed by atoms with Crippen molar-refractivity contribution in [3.63, 3.8) is 0 Å². The van der Waals surface area contributed by atoms with Gasteiger partial charge >= 0.3 is 5.97 Å². The molecule has 0 saturated heterocycles. The highest BCUT2D eigenvalue weighted by molar-refractivity contribution is 7.98. The molecule has 3 rings (SSSR count). The van der Waals surface area contributed by atoms with E-state index < -0.39 is 5.97 Å². The van der Waals surface area contributed by atoms with Crippen LogP contribution in [0.5, 0.6) is 0 Å². The molecule has 0 N–H and O–H groups in total. The van der Waals surface area contributed by atoms with Gasteiger partial charge in [0, 0.05) is 7.11 Å². The van der Waals surface area contributed by atoms with Gasteiger partial charge in [0.05, 0.1) is 36.9 Å². The predicted molar refractivity (Wildman–Crippen MR) is 102 cm³/mol. The fraction of sp³-hybridized carbons (Fsp3) is 0.316. The van der Waals surface area contributed by atoms with Crippen LogP contribution in [0.25, 0.3) is 10.9 Å². The molecule has 0 aliphatic rings. The molecule has 0 bridgehead atoms. The quantitative estimate of drug-likeness (QED) is 0.349. The van der Waals surface area contributed by atoms with Gasteiger partial charge in [0.1, 0.15) is 17.1 Å². The Kier molecular flexibility index (Phi) is 5.98. The van der Waals surface area contributed by atoms with Gasteiger partial charge < -0.3 is 13.9 Å². The molecule has 3 aromatic rings. The Morgan fingerprint density at radius 1 is 1.30 bits per heavy atom. The van der Waals surface area contributed by atoms with E-state index in [0.717, 1.165) is 0 Å². The Bertz CT molecular complexity index is 1020. The Morgan fingerprint density at radius 2 is 2.07 bits per heavy atom. The van der Waals surface area contributed by atoms with Crippen molar-refractivity contribution in [2.75, 3.05) is 20.8 Å². The van der Waals surface area contributed by atoms with Gasteiger partial charge in [-0.1, -0.05) is 23.9 Å². The number of nitrogens with zero attached hydrogens (tertiary/aromatic N) is 2. The number of para-hydroxylation sites is 1. The molecule has 0 aliphatic heterocycles. The molecule has 0 amide bonds. The number of ether oxygens (including phenoxy) is 2. The number of esters is 1. The summed E-state index contributed by atoms with van der Waals surface area (Å²) < 4.78 is 17.1. The minimum Gasteiger partial charge on any atom is -0.465 e. The Balaban J connectivity index is 1.92. The SMILES string of the molecule is COCCn1c(SCc2cc(C(=O)OC)c(C)o2)nc2ccccc2c1=O. The normalized spacial score (nSPS) is 11.1. The van der Waals surface area contributed by atoms with E-state index >= 15 is 0 Å². The number of aromatic nitrogens is 2. The molecule has 0 atom stereocenters. The van der Waals surface area contributed by atoms with E-state index in [0.29, 0.717) is 52.0 Å². The molecule has 0 radical (unpaired) electrons. The van der Waals surface area contributed by atoms with Gasteiger partial charge in [0.15, 0.2) is 5.16 Å². The number of furan rings is 1. The molecule has 0 saturated carbocycles. The zero-order valence-electron chi connectivity index (χ0n) is 15.4. The second kappa shape index (κ2) is 8.41. The number of thioether (sulfide) groups is 1. The minimum atomic E-state index is -0.437. The molecule has 1 aromatic carbocycles. The number of rotatable bonds is 7. The minimum absolute atomic E-state index is 0.106. The lowest BCUT2D eigenvalue weighted by molar-refractivity contribution is 0.0599. The van der Waals surface area contributed by atoms with Crippen LogP contribution in [0.1, 0.15) is 21.9 Å². The lowest BCUT2D eigenvalue weighted by Gasteiger charge is -2.12. The third-order valence-corrected chi connectivity index (χ3v) is 5.06. The summed E-state index contributed by atoms with van der Waals surface area (Å²) in [7, 11) is 2.92. The standard InChI is InChI=1S/C19H20N2O5S/c1-12-15(18(23)25-3)10-13(26-12)11-27-19-20-16-7-5-4-6-14(16)17(22)21(19)8-9-24-2/h4-7,10H,8-9,11H2,1-3H3. The van der Waals surface area contributed by atoms with Crippen LogP contribution >= 0.6 is 11.8 Å². The number of benzene rings is 1. The second-order valence-corrected chi connectivity index (χ2v) is 6.77. The van der Waals surface area contributed by atoms with E-state index in [1.807, 2.05) is 18.2 Å². The van der Waals surface area contributed by atoms with Gasteiger partial charge in [0.25, 0.3) is 5.56 Å². The van der Waals surface area contributed by atoms with E-state index in [4.69, 9.17) is 13.9 Å². The van der Waals surface area contributed by atoms with Gasteiger partial charge in [-0.3, -0.25) is 9.36 Å². The molecular formula is C19H20N2O5S. The van der Waals surface area contributed by atoms with Gasteiger partial charge in [-0.15, -0.1) is 0 Å². The Hall–Kier alpha value is -2.58. The smallest absolute Gasteiger partial charge is 0.341 e. The fourth-order valence-electron chi connectivity index (χ4n) is 2.70. The summed E-state index contributed by atoms with van der Waals surface area (Å²) in [5.74, 6) is 1.10. The van der Waals surface area contributed by atoms with Crippen LogP contribution in [0.3, 0.4) is 0 Å². The lowest BCUT2D eigenvalue weighted by atomic mass is 10.2. The van der Waals surface area contributed by atoms with Gasteiger partial charge in [-0.2, -0.15) is 0 Å². The molecule has 2 heterocycles. The molecule has 8 heteroatoms. The third kappa shape index (κ3) is 4.06. The first kappa shape index (κ1) is 19.2. The maximum absolute atomic E-state index is 12.8. The number of fused-ring (bicyclic) bond motifs is 1. The molecule has 2 aromatic heterocycles. The first-order valence-corrected chi connectivity index (χ1v) is 9.32. The topological polar surface area (TPSA) is 83.6 Å². The van der Waals surface area contributed by atoms with E-state index in [2.05, 4.69) is 4.98 Å². The van der Waals surface area contributed by atoms with Crippen LogP contribution in [0.2, 0.25) is 0 Å². The van der Waals surface area contributed by atoms with Crippen molar-refractivity contribution in [3.05, 3.63) is 57.8 Å². The van der Waals surface area contributed by atoms with Gasteiger partial charge in [0.2, 0.25) is 0 Å². The monoisotopic (exact) mass is 388 g/mol. The number of aryl methyl sites for hydroxylation is 1. The lowest BCUT2D eigenvalue weighted by Crippen LogP contribution is -2.25. The van der Waals surface area contributed by atoms with Crippen LogP contribution in [-0.2, 0) is 21.8 Å².